The van der Waals surface area contributed by atoms with E-state index in [9.17, 15) is 4.79 Å². The summed E-state index contributed by atoms with van der Waals surface area (Å²) in [5, 5.41) is 6.04. The fraction of sp³-hybridized carbons (Fsp3) is 0.350. The van der Waals surface area contributed by atoms with Gasteiger partial charge in [-0.25, -0.2) is 4.68 Å². The van der Waals surface area contributed by atoms with Crippen molar-refractivity contribution < 1.29 is 9.53 Å². The van der Waals surface area contributed by atoms with E-state index in [0.29, 0.717) is 26.8 Å². The first-order valence-electron chi connectivity index (χ1n) is 9.36. The number of fused-ring (bicyclic) bond motifs is 1. The van der Waals surface area contributed by atoms with Crippen molar-refractivity contribution in [3.8, 4) is 11.1 Å². The van der Waals surface area contributed by atoms with Gasteiger partial charge in [0.15, 0.2) is 0 Å². The maximum Gasteiger partial charge on any atom is 0.295 e. The monoisotopic (exact) mass is 433 g/mol. The molecule has 1 aliphatic rings. The average molecular weight is 434 g/mol. The van der Waals surface area contributed by atoms with Gasteiger partial charge in [-0.3, -0.25) is 4.79 Å². The molecule has 1 saturated heterocycles. The summed E-state index contributed by atoms with van der Waals surface area (Å²) >= 11 is 12.6. The molecule has 1 aliphatic heterocycles. The number of carbonyl (C=O) groups is 1. The number of amides is 1. The molecule has 9 heteroatoms. The minimum Gasteiger partial charge on any atom is -0.369 e. The van der Waals surface area contributed by atoms with Crippen molar-refractivity contribution in [3.05, 3.63) is 40.3 Å². The molecule has 2 aromatic heterocycles. The van der Waals surface area contributed by atoms with E-state index in [1.54, 1.807) is 31.3 Å². The standard InChI is InChI=1S/C20H21Cl2N5O2/c1-26(2)11-23-20(28)19-16(13-6-7-14(21)17(22)18(13)25-19)12-9-24-27(10-12)15-5-3-4-8-29-15/h6-7,9-11,15,25H,3-5,8H2,1-2H3/b23-11+. The van der Waals surface area contributed by atoms with Gasteiger partial charge < -0.3 is 14.6 Å². The van der Waals surface area contributed by atoms with E-state index in [-0.39, 0.29) is 6.23 Å². The average Bonchev–Trinajstić information content (AvgIpc) is 3.34. The number of aromatic amines is 1. The molecule has 0 spiro atoms. The van der Waals surface area contributed by atoms with E-state index in [1.807, 2.05) is 16.9 Å². The second kappa shape index (κ2) is 8.18. The predicted molar refractivity (Wildman–Crippen MR) is 115 cm³/mol. The highest BCUT2D eigenvalue weighted by molar-refractivity contribution is 6.45. The number of rotatable bonds is 4. The van der Waals surface area contributed by atoms with Crippen LogP contribution in [-0.2, 0) is 4.74 Å². The number of halogens is 2. The van der Waals surface area contributed by atoms with Crippen LogP contribution in [0.5, 0.6) is 0 Å². The Morgan fingerprint density at radius 2 is 2.21 bits per heavy atom. The Labute approximate surface area is 178 Å². The maximum absolute atomic E-state index is 12.8. The second-order valence-corrected chi connectivity index (χ2v) is 7.99. The van der Waals surface area contributed by atoms with Gasteiger partial charge in [0.2, 0.25) is 0 Å². The Morgan fingerprint density at radius 3 is 2.93 bits per heavy atom. The van der Waals surface area contributed by atoms with Crippen molar-refractivity contribution in [1.82, 2.24) is 19.7 Å². The second-order valence-electron chi connectivity index (χ2n) is 7.20. The molecule has 1 aromatic carbocycles. The van der Waals surface area contributed by atoms with Crippen LogP contribution in [0.1, 0.15) is 36.0 Å². The zero-order valence-electron chi connectivity index (χ0n) is 16.2. The highest BCUT2D eigenvalue weighted by atomic mass is 35.5. The fourth-order valence-corrected chi connectivity index (χ4v) is 3.82. The van der Waals surface area contributed by atoms with E-state index in [2.05, 4.69) is 15.1 Å². The molecule has 29 heavy (non-hydrogen) atoms. The van der Waals surface area contributed by atoms with Crippen LogP contribution >= 0.6 is 23.2 Å². The lowest BCUT2D eigenvalue weighted by Gasteiger charge is -2.22. The molecule has 0 radical (unpaired) electrons. The summed E-state index contributed by atoms with van der Waals surface area (Å²) in [5.41, 5.74) is 2.42. The minimum atomic E-state index is -0.404. The third-order valence-corrected chi connectivity index (χ3v) is 5.63. The number of carbonyl (C=O) groups excluding carboxylic acids is 1. The van der Waals surface area contributed by atoms with Crippen LogP contribution in [0.15, 0.2) is 29.5 Å². The van der Waals surface area contributed by atoms with Gasteiger partial charge in [-0.05, 0) is 25.3 Å². The van der Waals surface area contributed by atoms with Crippen LogP contribution < -0.4 is 0 Å². The topological polar surface area (TPSA) is 75.5 Å². The van der Waals surface area contributed by atoms with Gasteiger partial charge in [0, 0.05) is 43.4 Å². The molecule has 0 aliphatic carbocycles. The van der Waals surface area contributed by atoms with Crippen LogP contribution in [0.4, 0.5) is 0 Å². The van der Waals surface area contributed by atoms with Gasteiger partial charge in [0.25, 0.3) is 5.91 Å². The molecule has 3 heterocycles. The van der Waals surface area contributed by atoms with Gasteiger partial charge in [-0.15, -0.1) is 0 Å². The molecule has 3 aromatic rings. The van der Waals surface area contributed by atoms with Crippen molar-refractivity contribution in [2.45, 2.75) is 25.5 Å². The maximum atomic E-state index is 12.8. The van der Waals surface area contributed by atoms with Crippen LogP contribution in [0, 0.1) is 0 Å². The molecule has 1 unspecified atom stereocenters. The number of nitrogens with one attached hydrogen (secondary N) is 1. The normalized spacial score (nSPS) is 17.3. The Bertz CT molecular complexity index is 1080. The number of hydrogen-bond donors (Lipinski definition) is 1. The lowest BCUT2D eigenvalue weighted by molar-refractivity contribution is -0.0394. The minimum absolute atomic E-state index is 0.0911. The summed E-state index contributed by atoms with van der Waals surface area (Å²) in [6.07, 6.45) is 8.08. The van der Waals surface area contributed by atoms with E-state index < -0.39 is 5.91 Å². The van der Waals surface area contributed by atoms with Crippen molar-refractivity contribution in [3.63, 3.8) is 0 Å². The Hall–Kier alpha value is -2.35. The molecule has 7 nitrogen and oxygen atoms in total. The van der Waals surface area contributed by atoms with Crippen molar-refractivity contribution in [2.75, 3.05) is 20.7 Å². The molecule has 1 atom stereocenters. The van der Waals surface area contributed by atoms with Crippen LogP contribution in [0.2, 0.25) is 10.0 Å². The summed E-state index contributed by atoms with van der Waals surface area (Å²) in [6, 6.07) is 3.56. The smallest absolute Gasteiger partial charge is 0.295 e. The predicted octanol–water partition coefficient (Wildman–Crippen LogP) is 4.77. The molecule has 1 fully saturated rings. The number of ether oxygens (including phenoxy) is 1. The third kappa shape index (κ3) is 3.90. The van der Waals surface area contributed by atoms with Gasteiger partial charge in [-0.1, -0.05) is 29.3 Å². The zero-order chi connectivity index (χ0) is 20.5. The first-order chi connectivity index (χ1) is 14.0. The first kappa shape index (κ1) is 19.9. The first-order valence-corrected chi connectivity index (χ1v) is 10.1. The van der Waals surface area contributed by atoms with E-state index in [1.165, 1.54) is 6.34 Å². The zero-order valence-corrected chi connectivity index (χ0v) is 17.7. The highest BCUT2D eigenvalue weighted by Crippen LogP contribution is 2.39. The van der Waals surface area contributed by atoms with Gasteiger partial charge >= 0.3 is 0 Å². The van der Waals surface area contributed by atoms with E-state index >= 15 is 0 Å². The molecule has 152 valence electrons. The third-order valence-electron chi connectivity index (χ3n) is 4.82. The Kier molecular flexibility index (Phi) is 5.63. The van der Waals surface area contributed by atoms with Gasteiger partial charge in [-0.2, -0.15) is 10.1 Å². The number of hydrogen-bond acceptors (Lipinski definition) is 3. The highest BCUT2D eigenvalue weighted by Gasteiger charge is 2.24. The fourth-order valence-electron chi connectivity index (χ4n) is 3.45. The molecule has 0 saturated carbocycles. The summed E-state index contributed by atoms with van der Waals surface area (Å²) in [4.78, 5) is 21.7. The lowest BCUT2D eigenvalue weighted by Crippen LogP contribution is -2.18. The summed E-state index contributed by atoms with van der Waals surface area (Å²) in [7, 11) is 3.60. The van der Waals surface area contributed by atoms with Gasteiger partial charge in [0.1, 0.15) is 11.9 Å². The van der Waals surface area contributed by atoms with Crippen molar-refractivity contribution in [1.29, 1.82) is 0 Å². The van der Waals surface area contributed by atoms with Crippen LogP contribution in [-0.4, -0.2) is 52.6 Å². The Balaban J connectivity index is 1.83. The molecular formula is C20H21Cl2N5O2. The summed E-state index contributed by atoms with van der Waals surface area (Å²) in [6.45, 7) is 0.726. The SMILES string of the molecule is CN(C)/C=N/C(=O)c1[nH]c2c(Cl)c(Cl)ccc2c1-c1cnn(C2CCCCO2)c1. The molecule has 1 amide bonds. The van der Waals surface area contributed by atoms with Crippen molar-refractivity contribution >= 4 is 46.4 Å². The lowest BCUT2D eigenvalue weighted by atomic mass is 10.0. The molecule has 1 N–H and O–H groups in total. The molecular weight excluding hydrogens is 413 g/mol. The number of H-pyrrole nitrogens is 1. The number of aliphatic imine (C=N–C) groups is 1. The van der Waals surface area contributed by atoms with E-state index in [0.717, 1.165) is 36.8 Å². The van der Waals surface area contributed by atoms with Crippen molar-refractivity contribution in [2.24, 2.45) is 4.99 Å². The summed E-state index contributed by atoms with van der Waals surface area (Å²) < 4.78 is 7.63. The summed E-state index contributed by atoms with van der Waals surface area (Å²) in [5.74, 6) is -0.404. The molecule has 0 bridgehead atoms. The largest absolute Gasteiger partial charge is 0.369 e. The number of benzene rings is 1. The molecule has 4 rings (SSSR count). The Morgan fingerprint density at radius 1 is 1.38 bits per heavy atom. The van der Waals surface area contributed by atoms with E-state index in [4.69, 9.17) is 27.9 Å². The number of nitrogens with zero attached hydrogens (tertiary/aromatic N) is 4. The van der Waals surface area contributed by atoms with Gasteiger partial charge in [0.05, 0.1) is 28.1 Å². The quantitative estimate of drug-likeness (QED) is 0.474. The number of aromatic nitrogens is 3. The van der Waals surface area contributed by atoms with Crippen LogP contribution in [0.3, 0.4) is 0 Å². The van der Waals surface area contributed by atoms with Crippen LogP contribution in [0.25, 0.3) is 22.0 Å².